The minimum absolute atomic E-state index is 0.0106. The Bertz CT molecular complexity index is 3700. The minimum atomic E-state index is -0.105. The molecule has 11 aromatic rings. The first-order chi connectivity index (χ1) is 31.4. The van der Waals surface area contributed by atoms with Gasteiger partial charge in [-0.25, -0.2) is 0 Å². The van der Waals surface area contributed by atoms with Crippen molar-refractivity contribution in [3.63, 3.8) is 0 Å². The van der Waals surface area contributed by atoms with Crippen LogP contribution in [0.15, 0.2) is 170 Å². The van der Waals surface area contributed by atoms with Crippen molar-refractivity contribution >= 4 is 77.2 Å². The molecule has 0 unspecified atom stereocenters. The predicted molar refractivity (Wildman–Crippen MR) is 275 cm³/mol. The number of hydrogen-bond acceptors (Lipinski definition) is 2. The molecule has 0 amide bonds. The number of para-hydroxylation sites is 2. The standard InChI is InChI=1S/C61H48BNO2/c1-60(2,3)43-28-40-20-21-41-29-44(61(4,5)6)34-48-47(31-42(30-43)57(40)58(41)48)39-23-25-54-50(33-39)62-49-32-38(37-14-8-7-9-15-37)22-24-53(49)64-55-26-36(27-56(65-54)59(55)62)35-63-51-18-12-10-16-45(51)46-17-11-13-19-52(46)63/h7-34H,35H2,1-6H3. The molecule has 0 aliphatic carbocycles. The van der Waals surface area contributed by atoms with Gasteiger partial charge in [0.05, 0.1) is 0 Å². The smallest absolute Gasteiger partial charge is 0.260 e. The molecular weight excluding hydrogens is 789 g/mol. The van der Waals surface area contributed by atoms with Crippen LogP contribution in [0.5, 0.6) is 23.0 Å². The summed E-state index contributed by atoms with van der Waals surface area (Å²) < 4.78 is 16.5. The molecule has 10 aromatic carbocycles. The maximum atomic E-state index is 7.10. The molecule has 13 rings (SSSR count). The van der Waals surface area contributed by atoms with E-state index in [1.54, 1.807) is 0 Å². The highest BCUT2D eigenvalue weighted by molar-refractivity contribution is 6.98. The largest absolute Gasteiger partial charge is 0.458 e. The van der Waals surface area contributed by atoms with Crippen LogP contribution in [0.1, 0.15) is 58.2 Å². The number of rotatable bonds is 4. The van der Waals surface area contributed by atoms with Gasteiger partial charge < -0.3 is 14.0 Å². The monoisotopic (exact) mass is 837 g/mol. The maximum Gasteiger partial charge on any atom is 0.260 e. The van der Waals surface area contributed by atoms with Crippen LogP contribution in [0, 0.1) is 0 Å². The van der Waals surface area contributed by atoms with Crippen LogP contribution in [0.25, 0.3) is 76.4 Å². The van der Waals surface area contributed by atoms with Crippen LogP contribution in [-0.2, 0) is 17.4 Å². The van der Waals surface area contributed by atoms with E-state index in [1.165, 1.54) is 87.5 Å². The third-order valence-electron chi connectivity index (χ3n) is 14.4. The zero-order valence-corrected chi connectivity index (χ0v) is 37.7. The van der Waals surface area contributed by atoms with Crippen LogP contribution in [0.4, 0.5) is 0 Å². The second-order valence-corrected chi connectivity index (χ2v) is 20.5. The number of hydrogen-bond donors (Lipinski definition) is 0. The lowest BCUT2D eigenvalue weighted by molar-refractivity contribution is 0.463. The van der Waals surface area contributed by atoms with E-state index in [2.05, 4.69) is 216 Å². The van der Waals surface area contributed by atoms with Crippen molar-refractivity contribution in [1.29, 1.82) is 0 Å². The van der Waals surface area contributed by atoms with Crippen molar-refractivity contribution in [2.75, 3.05) is 0 Å². The highest BCUT2D eigenvalue weighted by atomic mass is 16.5. The Morgan fingerprint density at radius 1 is 0.431 bits per heavy atom. The summed E-state index contributed by atoms with van der Waals surface area (Å²) >= 11 is 0. The lowest BCUT2D eigenvalue weighted by Crippen LogP contribution is -2.57. The van der Waals surface area contributed by atoms with E-state index in [4.69, 9.17) is 9.47 Å². The molecule has 0 saturated carbocycles. The average Bonchev–Trinajstić information content (AvgIpc) is 3.62. The van der Waals surface area contributed by atoms with Gasteiger partial charge in [0.25, 0.3) is 6.71 Å². The third kappa shape index (κ3) is 5.89. The highest BCUT2D eigenvalue weighted by Crippen LogP contribution is 2.45. The molecule has 0 fully saturated rings. The van der Waals surface area contributed by atoms with Crippen molar-refractivity contribution in [3.05, 3.63) is 187 Å². The Labute approximate surface area is 380 Å². The number of fused-ring (bicyclic) bond motifs is 7. The number of aromatic nitrogens is 1. The molecule has 0 spiro atoms. The van der Waals surface area contributed by atoms with Gasteiger partial charge in [0.1, 0.15) is 23.0 Å². The van der Waals surface area contributed by atoms with Gasteiger partial charge >= 0.3 is 0 Å². The molecule has 0 atom stereocenters. The molecule has 3 heterocycles. The summed E-state index contributed by atoms with van der Waals surface area (Å²) in [6.45, 7) is 14.5. The average molecular weight is 838 g/mol. The Morgan fingerprint density at radius 3 is 1.60 bits per heavy atom. The third-order valence-corrected chi connectivity index (χ3v) is 14.4. The normalized spacial score (nSPS) is 13.4. The van der Waals surface area contributed by atoms with Gasteiger partial charge in [0.2, 0.25) is 0 Å². The molecule has 312 valence electrons. The summed E-state index contributed by atoms with van der Waals surface area (Å²) in [5.74, 6) is 3.47. The summed E-state index contributed by atoms with van der Waals surface area (Å²) in [5, 5.41) is 10.4. The zero-order chi connectivity index (χ0) is 43.9. The Balaban J connectivity index is 1.03. The Kier molecular flexibility index (Phi) is 8.00. The van der Waals surface area contributed by atoms with Crippen LogP contribution in [-0.4, -0.2) is 11.3 Å². The summed E-state index contributed by atoms with van der Waals surface area (Å²) in [5.41, 5.74) is 14.4. The summed E-state index contributed by atoms with van der Waals surface area (Å²) in [7, 11) is 0. The first-order valence-corrected chi connectivity index (χ1v) is 23.0. The van der Waals surface area contributed by atoms with Crippen molar-refractivity contribution in [2.24, 2.45) is 0 Å². The van der Waals surface area contributed by atoms with Crippen molar-refractivity contribution < 1.29 is 9.47 Å². The van der Waals surface area contributed by atoms with Gasteiger partial charge in [-0.15, -0.1) is 0 Å². The summed E-state index contributed by atoms with van der Waals surface area (Å²) in [6.07, 6.45) is 0. The molecule has 0 saturated heterocycles. The molecule has 0 bridgehead atoms. The molecule has 0 N–H and O–H groups in total. The summed E-state index contributed by atoms with van der Waals surface area (Å²) in [6, 6.07) is 63.1. The van der Waals surface area contributed by atoms with Crippen LogP contribution in [0.2, 0.25) is 0 Å². The maximum absolute atomic E-state index is 7.10. The van der Waals surface area contributed by atoms with Crippen LogP contribution >= 0.6 is 0 Å². The fourth-order valence-corrected chi connectivity index (χ4v) is 11.0. The van der Waals surface area contributed by atoms with Gasteiger partial charge in [0, 0.05) is 33.8 Å². The van der Waals surface area contributed by atoms with E-state index >= 15 is 0 Å². The van der Waals surface area contributed by atoms with Gasteiger partial charge in [-0.1, -0.05) is 163 Å². The van der Waals surface area contributed by atoms with E-state index in [1.807, 2.05) is 0 Å². The first-order valence-electron chi connectivity index (χ1n) is 23.0. The molecule has 2 aliphatic heterocycles. The molecule has 0 radical (unpaired) electrons. The van der Waals surface area contributed by atoms with Gasteiger partial charge in [0.15, 0.2) is 0 Å². The highest BCUT2D eigenvalue weighted by Gasteiger charge is 2.41. The predicted octanol–water partition coefficient (Wildman–Crippen LogP) is 14.4. The first kappa shape index (κ1) is 38.2. The van der Waals surface area contributed by atoms with E-state index in [9.17, 15) is 0 Å². The Morgan fingerprint density at radius 2 is 0.969 bits per heavy atom. The molecule has 4 heteroatoms. The molecule has 65 heavy (non-hydrogen) atoms. The topological polar surface area (TPSA) is 23.4 Å². The van der Waals surface area contributed by atoms with Gasteiger partial charge in [-0.05, 0) is 142 Å². The second kappa shape index (κ2) is 13.6. The van der Waals surface area contributed by atoms with Crippen LogP contribution in [0.3, 0.4) is 0 Å². The van der Waals surface area contributed by atoms with E-state index in [0.29, 0.717) is 6.54 Å². The summed E-state index contributed by atoms with van der Waals surface area (Å²) in [4.78, 5) is 0. The van der Waals surface area contributed by atoms with Gasteiger partial charge in [-0.2, -0.15) is 0 Å². The minimum Gasteiger partial charge on any atom is -0.458 e. The molecular formula is C61H48BNO2. The number of ether oxygens (including phenoxy) is 2. The fraction of sp³-hybridized carbons (Fsp3) is 0.148. The second-order valence-electron chi connectivity index (χ2n) is 20.5. The van der Waals surface area contributed by atoms with Crippen molar-refractivity contribution in [2.45, 2.75) is 58.9 Å². The SMILES string of the molecule is CC(C)(C)c1cc2ccc3cc(C(C)(C)C)cc4c(-c5ccc6c(c5)B5c7cc(-c8ccccc8)ccc7Oc7cc(Cn8c9ccccc9c9ccccc98)cc(c75)O6)cc(c1)c2c34. The zero-order valence-electron chi connectivity index (χ0n) is 37.7. The molecule has 2 aliphatic rings. The lowest BCUT2D eigenvalue weighted by atomic mass is 9.34. The van der Waals surface area contributed by atoms with Crippen LogP contribution < -0.4 is 25.9 Å². The Hall–Kier alpha value is -7.30. The van der Waals surface area contributed by atoms with E-state index in [0.717, 1.165) is 44.9 Å². The van der Waals surface area contributed by atoms with Gasteiger partial charge in [-0.3, -0.25) is 0 Å². The lowest BCUT2D eigenvalue weighted by Gasteiger charge is -2.34. The van der Waals surface area contributed by atoms with Crippen molar-refractivity contribution in [3.8, 4) is 45.3 Å². The fourth-order valence-electron chi connectivity index (χ4n) is 11.0. The number of benzene rings is 10. The van der Waals surface area contributed by atoms with E-state index < -0.39 is 0 Å². The van der Waals surface area contributed by atoms with Crippen molar-refractivity contribution in [1.82, 2.24) is 4.57 Å². The molecule has 3 nitrogen and oxygen atoms in total. The van der Waals surface area contributed by atoms with E-state index in [-0.39, 0.29) is 17.5 Å². The number of nitrogens with zero attached hydrogens (tertiary/aromatic N) is 1. The molecule has 1 aromatic heterocycles. The quantitative estimate of drug-likeness (QED) is 0.130.